The minimum absolute atomic E-state index is 0.0402. The largest absolute Gasteiger partial charge is 0.494 e. The number of halogens is 1. The van der Waals surface area contributed by atoms with E-state index < -0.39 is 22.0 Å². The van der Waals surface area contributed by atoms with Gasteiger partial charge < -0.3 is 25.4 Å². The Labute approximate surface area is 286 Å². The number of nitrogens with zero attached hydrogens (tertiary/aromatic N) is 2. The molecule has 5 rings (SSSR count). The van der Waals surface area contributed by atoms with E-state index in [1.165, 1.54) is 32.4 Å². The highest BCUT2D eigenvalue weighted by atomic mass is 32.2. The van der Waals surface area contributed by atoms with Crippen LogP contribution in [0.25, 0.3) is 10.8 Å². The van der Waals surface area contributed by atoms with Gasteiger partial charge in [-0.25, -0.2) is 22.6 Å². The van der Waals surface area contributed by atoms with Gasteiger partial charge in [-0.2, -0.15) is 0 Å². The summed E-state index contributed by atoms with van der Waals surface area (Å²) in [6, 6.07) is 16.5. The molecule has 3 aromatic carbocycles. The fourth-order valence-electron chi connectivity index (χ4n) is 5.40. The van der Waals surface area contributed by atoms with Crippen molar-refractivity contribution in [3.05, 3.63) is 83.8 Å². The number of anilines is 3. The lowest BCUT2D eigenvalue weighted by molar-refractivity contribution is -0.130. The van der Waals surface area contributed by atoms with Crippen molar-refractivity contribution in [2.24, 2.45) is 0 Å². The first-order valence-corrected chi connectivity index (χ1v) is 17.2. The van der Waals surface area contributed by atoms with Crippen LogP contribution in [0.4, 0.5) is 26.4 Å². The Morgan fingerprint density at radius 1 is 1.04 bits per heavy atom. The molecule has 0 radical (unpaired) electrons. The Balaban J connectivity index is 0.000000422. The molecule has 0 saturated carbocycles. The molecule has 4 N–H and O–H groups in total. The molecule has 0 unspecified atom stereocenters. The number of ether oxygens (including phenoxy) is 2. The van der Waals surface area contributed by atoms with Crippen LogP contribution in [0, 0.1) is 18.7 Å². The summed E-state index contributed by atoms with van der Waals surface area (Å²) in [5.41, 5.74) is 8.65. The maximum Gasteiger partial charge on any atom is 0.411 e. The van der Waals surface area contributed by atoms with Crippen molar-refractivity contribution in [1.82, 2.24) is 9.88 Å². The van der Waals surface area contributed by atoms with E-state index in [9.17, 15) is 22.4 Å². The number of carbonyl (C=O) groups is 2. The van der Waals surface area contributed by atoms with Gasteiger partial charge in [0.25, 0.3) is 0 Å². The summed E-state index contributed by atoms with van der Waals surface area (Å²) in [6.07, 6.45) is 11.2. The first-order chi connectivity index (χ1) is 23.5. The summed E-state index contributed by atoms with van der Waals surface area (Å²) in [7, 11) is -0.841. The van der Waals surface area contributed by atoms with E-state index in [0.717, 1.165) is 34.9 Å². The third-order valence-electron chi connectivity index (χ3n) is 7.95. The lowest BCUT2D eigenvalue weighted by Crippen LogP contribution is -2.35. The number of sulfone groups is 1. The van der Waals surface area contributed by atoms with Crippen molar-refractivity contribution in [2.45, 2.75) is 44.0 Å². The minimum Gasteiger partial charge on any atom is -0.494 e. The molecule has 260 valence electrons. The SMILES string of the molecule is C#C.CCS(=O)(=O)c1ccc(NC(=O)OC)cc1[C@H]1CCCN1C(=O)CNc1ccc2c(N)nccc2c1.CCc1ccc(F)c(OC)c1. The summed E-state index contributed by atoms with van der Waals surface area (Å²) >= 11 is 0. The number of aryl methyl sites for hydroxylation is 1. The normalized spacial score (nSPS) is 13.7. The van der Waals surface area contributed by atoms with Crippen molar-refractivity contribution in [1.29, 1.82) is 0 Å². The van der Waals surface area contributed by atoms with Crippen LogP contribution in [0.15, 0.2) is 71.8 Å². The summed E-state index contributed by atoms with van der Waals surface area (Å²) in [4.78, 5) is 30.9. The van der Waals surface area contributed by atoms with Gasteiger partial charge in [0.15, 0.2) is 21.4 Å². The molecular formula is C36H42FN5O6S. The van der Waals surface area contributed by atoms with Gasteiger partial charge in [-0.1, -0.05) is 19.9 Å². The molecule has 0 spiro atoms. The number of likely N-dealkylation sites (tertiary alicyclic amines) is 1. The molecule has 2 amide bonds. The zero-order chi connectivity index (χ0) is 36.1. The Kier molecular flexibility index (Phi) is 13.8. The second-order valence-corrected chi connectivity index (χ2v) is 13.1. The van der Waals surface area contributed by atoms with Gasteiger partial charge in [0, 0.05) is 29.5 Å². The van der Waals surface area contributed by atoms with Gasteiger partial charge in [0.1, 0.15) is 5.82 Å². The second kappa shape index (κ2) is 17.7. The van der Waals surface area contributed by atoms with Crippen LogP contribution < -0.4 is 21.1 Å². The van der Waals surface area contributed by atoms with Gasteiger partial charge >= 0.3 is 6.09 Å². The lowest BCUT2D eigenvalue weighted by atomic mass is 10.0. The van der Waals surface area contributed by atoms with Crippen LogP contribution in [0.3, 0.4) is 0 Å². The monoisotopic (exact) mass is 691 g/mol. The number of hydrogen-bond donors (Lipinski definition) is 3. The van der Waals surface area contributed by atoms with Gasteiger partial charge in [0.2, 0.25) is 5.91 Å². The fraction of sp³-hybridized carbons (Fsp3) is 0.306. The number of benzene rings is 3. The number of carbonyl (C=O) groups excluding carboxylic acids is 2. The average Bonchev–Trinajstić information content (AvgIpc) is 3.62. The number of aromatic nitrogens is 1. The predicted octanol–water partition coefficient (Wildman–Crippen LogP) is 6.21. The summed E-state index contributed by atoms with van der Waals surface area (Å²) in [5.74, 6) is 0.234. The molecular weight excluding hydrogens is 649 g/mol. The van der Waals surface area contributed by atoms with E-state index in [1.54, 1.807) is 36.2 Å². The van der Waals surface area contributed by atoms with Crippen molar-refractivity contribution < 1.29 is 31.9 Å². The van der Waals surface area contributed by atoms with Crippen LogP contribution >= 0.6 is 0 Å². The first kappa shape index (κ1) is 38.1. The third-order valence-corrected chi connectivity index (χ3v) is 9.75. The highest BCUT2D eigenvalue weighted by molar-refractivity contribution is 7.91. The molecule has 13 heteroatoms. The number of nitrogens with one attached hydrogen (secondary N) is 2. The van der Waals surface area contributed by atoms with E-state index in [4.69, 9.17) is 10.5 Å². The van der Waals surface area contributed by atoms with Gasteiger partial charge in [-0.15, -0.1) is 12.8 Å². The Morgan fingerprint density at radius 3 is 2.45 bits per heavy atom. The fourth-order valence-corrected chi connectivity index (χ4v) is 6.54. The van der Waals surface area contributed by atoms with Gasteiger partial charge in [-0.3, -0.25) is 10.1 Å². The molecule has 0 bridgehead atoms. The smallest absolute Gasteiger partial charge is 0.411 e. The predicted molar refractivity (Wildman–Crippen MR) is 191 cm³/mol. The average molecular weight is 692 g/mol. The Bertz CT molecular complexity index is 1900. The van der Waals surface area contributed by atoms with Crippen LogP contribution in [-0.2, 0) is 25.8 Å². The van der Waals surface area contributed by atoms with E-state index in [1.807, 2.05) is 31.2 Å². The van der Waals surface area contributed by atoms with Crippen molar-refractivity contribution in [3.63, 3.8) is 0 Å². The lowest BCUT2D eigenvalue weighted by Gasteiger charge is -2.27. The van der Waals surface area contributed by atoms with Crippen LogP contribution in [0.1, 0.15) is 43.9 Å². The van der Waals surface area contributed by atoms with Crippen molar-refractivity contribution in [3.8, 4) is 18.6 Å². The molecule has 1 aliphatic rings. The van der Waals surface area contributed by atoms with E-state index in [2.05, 4.69) is 33.2 Å². The maximum atomic E-state index is 13.3. The maximum absolute atomic E-state index is 13.3. The topological polar surface area (TPSA) is 153 Å². The molecule has 1 fully saturated rings. The van der Waals surface area contributed by atoms with E-state index in [-0.39, 0.29) is 28.9 Å². The molecule has 0 aliphatic carbocycles. The number of pyridine rings is 1. The number of methoxy groups -OCH3 is 2. The molecule has 1 atom stereocenters. The second-order valence-electron chi connectivity index (χ2n) is 10.8. The standard InChI is InChI=1S/C25H29N5O5S.C9H11FO.C2H2/c1-3-36(33,34)22-9-7-18(29-25(32)35-2)14-20(22)21-5-4-12-30(21)23(31)15-28-17-6-8-19-16(13-17)10-11-27-24(19)26;1-3-7-4-5-8(10)9(6-7)11-2;1-2/h6-11,13-14,21,28H,3-5,12,15H2,1-2H3,(H2,26,27)(H,29,32);4-6H,3H2,1-2H3;1-2H/t21-;;/m1../s1. The number of rotatable bonds is 9. The molecule has 1 aliphatic heterocycles. The number of terminal acetylenes is 1. The Hall–Kier alpha value is -5.35. The summed E-state index contributed by atoms with van der Waals surface area (Å²) in [5, 5.41) is 7.48. The van der Waals surface area contributed by atoms with Gasteiger partial charge in [-0.05, 0) is 90.4 Å². The Morgan fingerprint density at radius 2 is 1.78 bits per heavy atom. The third kappa shape index (κ3) is 9.61. The summed E-state index contributed by atoms with van der Waals surface area (Å²) < 4.78 is 47.9. The molecule has 2 heterocycles. The minimum atomic E-state index is -3.56. The molecule has 1 saturated heterocycles. The zero-order valence-electron chi connectivity index (χ0n) is 28.0. The highest BCUT2D eigenvalue weighted by Crippen LogP contribution is 2.37. The number of fused-ring (bicyclic) bond motifs is 1. The van der Waals surface area contributed by atoms with Gasteiger partial charge in [0.05, 0.1) is 37.5 Å². The van der Waals surface area contributed by atoms with Crippen LogP contribution in [0.5, 0.6) is 5.75 Å². The molecule has 11 nitrogen and oxygen atoms in total. The van der Waals surface area contributed by atoms with E-state index >= 15 is 0 Å². The van der Waals surface area contributed by atoms with E-state index in [0.29, 0.717) is 35.8 Å². The first-order valence-electron chi connectivity index (χ1n) is 15.6. The van der Waals surface area contributed by atoms with Crippen molar-refractivity contribution in [2.75, 3.05) is 49.4 Å². The van der Waals surface area contributed by atoms with Crippen LogP contribution in [-0.4, -0.2) is 63.4 Å². The number of hydrogen-bond acceptors (Lipinski definition) is 9. The number of nitrogen functional groups attached to an aromatic ring is 1. The molecule has 1 aromatic heterocycles. The zero-order valence-corrected chi connectivity index (χ0v) is 28.8. The molecule has 4 aromatic rings. The number of nitrogens with two attached hydrogens (primary N) is 1. The van der Waals surface area contributed by atoms with Crippen molar-refractivity contribution >= 4 is 49.8 Å². The summed E-state index contributed by atoms with van der Waals surface area (Å²) in [6.45, 7) is 4.14. The quantitative estimate of drug-likeness (QED) is 0.174. The highest BCUT2D eigenvalue weighted by Gasteiger charge is 2.33. The van der Waals surface area contributed by atoms with Crippen LogP contribution in [0.2, 0.25) is 0 Å². The number of amides is 2. The molecule has 49 heavy (non-hydrogen) atoms.